The number of benzene rings is 2. The fourth-order valence-corrected chi connectivity index (χ4v) is 4.37. The highest BCUT2D eigenvalue weighted by Gasteiger charge is 2.22. The van der Waals surface area contributed by atoms with Gasteiger partial charge in [0.1, 0.15) is 5.75 Å². The summed E-state index contributed by atoms with van der Waals surface area (Å²) in [5.74, 6) is 0.340. The summed E-state index contributed by atoms with van der Waals surface area (Å²) in [5.41, 5.74) is 5.42. The Balaban J connectivity index is 1.99. The van der Waals surface area contributed by atoms with E-state index in [1.54, 1.807) is 6.07 Å². The molecule has 4 heteroatoms. The highest BCUT2D eigenvalue weighted by Crippen LogP contribution is 2.33. The number of carbonyl (C=O) groups is 1. The highest BCUT2D eigenvalue weighted by molar-refractivity contribution is 5.95. The topological polar surface area (TPSA) is 43.8 Å². The largest absolute Gasteiger partial charge is 0.508 e. The first-order valence-electron chi connectivity index (χ1n) is 10.9. The zero-order valence-electron chi connectivity index (χ0n) is 18.9. The van der Waals surface area contributed by atoms with E-state index in [4.69, 9.17) is 0 Å². The van der Waals surface area contributed by atoms with Gasteiger partial charge in [-0.25, -0.2) is 0 Å². The van der Waals surface area contributed by atoms with E-state index in [1.807, 2.05) is 29.2 Å². The van der Waals surface area contributed by atoms with E-state index < -0.39 is 0 Å². The number of hydrogen-bond donors (Lipinski definition) is 1. The van der Waals surface area contributed by atoms with E-state index in [0.29, 0.717) is 5.56 Å². The molecule has 1 saturated heterocycles. The maximum Gasteiger partial charge on any atom is 0.254 e. The molecule has 1 aliphatic heterocycles. The van der Waals surface area contributed by atoms with E-state index in [1.165, 1.54) is 11.1 Å². The third kappa shape index (κ3) is 4.93. The average Bonchev–Trinajstić information content (AvgIpc) is 2.70. The molecule has 160 valence electrons. The predicted molar refractivity (Wildman–Crippen MR) is 124 cm³/mol. The van der Waals surface area contributed by atoms with E-state index in [2.05, 4.69) is 57.8 Å². The van der Waals surface area contributed by atoms with Gasteiger partial charge in [-0.15, -0.1) is 0 Å². The molecule has 3 rings (SSSR count). The van der Waals surface area contributed by atoms with Gasteiger partial charge < -0.3 is 14.9 Å². The first-order chi connectivity index (χ1) is 14.3. The van der Waals surface area contributed by atoms with Gasteiger partial charge in [0.2, 0.25) is 0 Å². The van der Waals surface area contributed by atoms with Gasteiger partial charge in [-0.05, 0) is 88.5 Å². The monoisotopic (exact) mass is 406 g/mol. The lowest BCUT2D eigenvalue weighted by Crippen LogP contribution is -2.42. The van der Waals surface area contributed by atoms with Crippen LogP contribution in [0.5, 0.6) is 5.75 Å². The van der Waals surface area contributed by atoms with E-state index in [-0.39, 0.29) is 23.7 Å². The zero-order chi connectivity index (χ0) is 21.8. The molecular weight excluding hydrogens is 372 g/mol. The molecule has 1 heterocycles. The molecule has 0 saturated carbocycles. The van der Waals surface area contributed by atoms with Crippen LogP contribution in [0.25, 0.3) is 5.57 Å². The summed E-state index contributed by atoms with van der Waals surface area (Å²) in [6.45, 7) is 10.3. The minimum Gasteiger partial charge on any atom is -0.508 e. The second-order valence-corrected chi connectivity index (χ2v) is 8.81. The number of amides is 1. The molecule has 0 unspecified atom stereocenters. The molecule has 2 aromatic rings. The Bertz CT molecular complexity index is 895. The second kappa shape index (κ2) is 9.48. The molecule has 30 heavy (non-hydrogen) atoms. The average molecular weight is 407 g/mol. The van der Waals surface area contributed by atoms with Crippen molar-refractivity contribution in [3.63, 3.8) is 0 Å². The maximum atomic E-state index is 13.0. The first kappa shape index (κ1) is 22.1. The van der Waals surface area contributed by atoms with Gasteiger partial charge in [-0.3, -0.25) is 4.79 Å². The van der Waals surface area contributed by atoms with Crippen molar-refractivity contribution in [2.24, 2.45) is 0 Å². The van der Waals surface area contributed by atoms with Crippen molar-refractivity contribution < 1.29 is 9.90 Å². The van der Waals surface area contributed by atoms with Crippen LogP contribution >= 0.6 is 0 Å². The number of aromatic hydroxyl groups is 1. The first-order valence-corrected chi connectivity index (χ1v) is 10.9. The fraction of sp³-hybridized carbons (Fsp3) is 0.423. The Morgan fingerprint density at radius 2 is 1.47 bits per heavy atom. The number of carbonyl (C=O) groups excluding carboxylic acids is 1. The molecule has 1 N–H and O–H groups in total. The van der Waals surface area contributed by atoms with Crippen LogP contribution in [0.4, 0.5) is 0 Å². The van der Waals surface area contributed by atoms with Gasteiger partial charge in [0.15, 0.2) is 0 Å². The van der Waals surface area contributed by atoms with Gasteiger partial charge in [-0.2, -0.15) is 0 Å². The molecule has 4 nitrogen and oxygen atoms in total. The Morgan fingerprint density at radius 1 is 0.900 bits per heavy atom. The summed E-state index contributed by atoms with van der Waals surface area (Å²) in [5, 5.41) is 10.1. The summed E-state index contributed by atoms with van der Waals surface area (Å²) in [6, 6.07) is 15.8. The molecule has 0 bridgehead atoms. The third-order valence-corrected chi connectivity index (χ3v) is 5.85. The van der Waals surface area contributed by atoms with Crippen molar-refractivity contribution in [2.45, 2.75) is 52.6 Å². The summed E-state index contributed by atoms with van der Waals surface area (Å²) in [7, 11) is 2.15. The SMILES string of the molecule is CC(C)N(C(=O)c1ccc(C(=C2CCN(C)CC2)c2cccc(O)c2)cc1)C(C)C. The molecule has 0 radical (unpaired) electrons. The van der Waals surface area contributed by atoms with Crippen molar-refractivity contribution in [3.05, 3.63) is 70.8 Å². The number of phenolic OH excluding ortho intramolecular Hbond substituents is 1. The number of hydrogen-bond acceptors (Lipinski definition) is 3. The molecule has 0 atom stereocenters. The highest BCUT2D eigenvalue weighted by atomic mass is 16.3. The Morgan fingerprint density at radius 3 is 2.00 bits per heavy atom. The summed E-state index contributed by atoms with van der Waals surface area (Å²) < 4.78 is 0. The van der Waals surface area contributed by atoms with Crippen molar-refractivity contribution >= 4 is 11.5 Å². The van der Waals surface area contributed by atoms with Gasteiger partial charge in [0.05, 0.1) is 0 Å². The molecule has 0 aromatic heterocycles. The molecule has 0 aliphatic carbocycles. The Labute approximate surface area is 180 Å². The van der Waals surface area contributed by atoms with Crippen molar-refractivity contribution in [1.29, 1.82) is 0 Å². The lowest BCUT2D eigenvalue weighted by atomic mass is 9.88. The molecule has 0 spiro atoms. The third-order valence-electron chi connectivity index (χ3n) is 5.85. The zero-order valence-corrected chi connectivity index (χ0v) is 18.9. The van der Waals surface area contributed by atoms with Crippen LogP contribution in [0.1, 0.15) is 62.0 Å². The predicted octanol–water partition coefficient (Wildman–Crippen LogP) is 5.18. The van der Waals surface area contributed by atoms with Crippen molar-refractivity contribution in [3.8, 4) is 5.75 Å². The van der Waals surface area contributed by atoms with Crippen LogP contribution in [0.15, 0.2) is 54.1 Å². The quantitative estimate of drug-likeness (QED) is 0.744. The Kier molecular flexibility index (Phi) is 6.99. The lowest BCUT2D eigenvalue weighted by Gasteiger charge is -2.31. The van der Waals surface area contributed by atoms with Gasteiger partial charge in [0, 0.05) is 30.7 Å². The molecular formula is C26H34N2O2. The van der Waals surface area contributed by atoms with Gasteiger partial charge in [0.25, 0.3) is 5.91 Å². The number of nitrogens with zero attached hydrogens (tertiary/aromatic N) is 2. The van der Waals surface area contributed by atoms with Crippen LogP contribution in [-0.4, -0.2) is 53.0 Å². The van der Waals surface area contributed by atoms with Gasteiger partial charge >= 0.3 is 0 Å². The molecule has 1 fully saturated rings. The molecule has 2 aromatic carbocycles. The number of piperidine rings is 1. The molecule has 1 amide bonds. The normalized spacial score (nSPS) is 15.0. The van der Waals surface area contributed by atoms with Crippen LogP contribution in [0.2, 0.25) is 0 Å². The summed E-state index contributed by atoms with van der Waals surface area (Å²) in [4.78, 5) is 17.3. The lowest BCUT2D eigenvalue weighted by molar-refractivity contribution is 0.0643. The standard InChI is InChI=1S/C26H34N2O2/c1-18(2)28(19(3)4)26(30)22-11-9-20(10-12-22)25(21-13-15-27(5)16-14-21)23-7-6-8-24(29)17-23/h6-12,17-19,29H,13-16H2,1-5H3. The summed E-state index contributed by atoms with van der Waals surface area (Å²) in [6.07, 6.45) is 2.02. The van der Waals surface area contributed by atoms with Crippen molar-refractivity contribution in [2.75, 3.05) is 20.1 Å². The van der Waals surface area contributed by atoms with Crippen LogP contribution in [0, 0.1) is 0 Å². The minimum atomic E-state index is 0.0670. The van der Waals surface area contributed by atoms with Crippen LogP contribution in [-0.2, 0) is 0 Å². The maximum absolute atomic E-state index is 13.0. The van der Waals surface area contributed by atoms with Crippen molar-refractivity contribution in [1.82, 2.24) is 9.80 Å². The van der Waals surface area contributed by atoms with Crippen LogP contribution < -0.4 is 0 Å². The second-order valence-electron chi connectivity index (χ2n) is 8.81. The number of rotatable bonds is 5. The van der Waals surface area contributed by atoms with Crippen LogP contribution in [0.3, 0.4) is 0 Å². The van der Waals surface area contributed by atoms with E-state index in [0.717, 1.165) is 37.1 Å². The number of likely N-dealkylation sites (tertiary alicyclic amines) is 1. The number of phenols is 1. The summed E-state index contributed by atoms with van der Waals surface area (Å²) >= 11 is 0. The minimum absolute atomic E-state index is 0.0670. The fourth-order valence-electron chi connectivity index (χ4n) is 4.37. The van der Waals surface area contributed by atoms with E-state index in [9.17, 15) is 9.90 Å². The van der Waals surface area contributed by atoms with Gasteiger partial charge in [-0.1, -0.05) is 29.8 Å². The Hall–Kier alpha value is -2.59. The smallest absolute Gasteiger partial charge is 0.254 e. The molecule has 1 aliphatic rings. The van der Waals surface area contributed by atoms with E-state index >= 15 is 0 Å².